The largest absolute Gasteiger partial charge is 0.411 e. The van der Waals surface area contributed by atoms with E-state index in [0.717, 1.165) is 5.52 Å². The van der Waals surface area contributed by atoms with Gasteiger partial charge in [-0.25, -0.2) is 4.98 Å². The normalized spacial score (nSPS) is 12.2. The first-order valence-corrected chi connectivity index (χ1v) is 6.04. The van der Waals surface area contributed by atoms with Gasteiger partial charge in [-0.3, -0.25) is 4.98 Å². The van der Waals surface area contributed by atoms with Crippen LogP contribution in [-0.2, 0) is 17.2 Å². The van der Waals surface area contributed by atoms with E-state index in [0.29, 0.717) is 11.3 Å². The molecule has 19 heavy (non-hydrogen) atoms. The molecule has 0 bridgehead atoms. The third kappa shape index (κ3) is 3.57. The van der Waals surface area contributed by atoms with Crippen LogP contribution >= 0.6 is 11.6 Å². The smallest absolute Gasteiger partial charge is 0.370 e. The maximum Gasteiger partial charge on any atom is 0.411 e. The van der Waals surface area contributed by atoms with Crippen LogP contribution < -0.4 is 0 Å². The van der Waals surface area contributed by atoms with Crippen LogP contribution in [0.25, 0.3) is 11.0 Å². The highest BCUT2D eigenvalue weighted by Crippen LogP contribution is 2.17. The highest BCUT2D eigenvalue weighted by Gasteiger charge is 2.27. The summed E-state index contributed by atoms with van der Waals surface area (Å²) in [6, 6.07) is 1.74. The Hall–Kier alpha value is -1.34. The molecule has 0 saturated heterocycles. The van der Waals surface area contributed by atoms with E-state index in [1.165, 1.54) is 0 Å². The van der Waals surface area contributed by atoms with Crippen molar-refractivity contribution < 1.29 is 17.9 Å². The van der Waals surface area contributed by atoms with Gasteiger partial charge in [-0.1, -0.05) is 0 Å². The van der Waals surface area contributed by atoms with Gasteiger partial charge in [0.05, 0.1) is 24.2 Å². The van der Waals surface area contributed by atoms with E-state index in [1.54, 1.807) is 23.0 Å². The third-order valence-electron chi connectivity index (χ3n) is 2.47. The first kappa shape index (κ1) is 14.1. The number of fused-ring (bicyclic) bond motifs is 1. The number of alkyl halides is 4. The van der Waals surface area contributed by atoms with Crippen molar-refractivity contribution in [3.8, 4) is 0 Å². The van der Waals surface area contributed by atoms with Crippen LogP contribution in [0.1, 0.15) is 5.82 Å². The van der Waals surface area contributed by atoms with Gasteiger partial charge in [-0.15, -0.1) is 11.6 Å². The first-order valence-electron chi connectivity index (χ1n) is 5.51. The van der Waals surface area contributed by atoms with Crippen molar-refractivity contribution in [3.63, 3.8) is 0 Å². The lowest BCUT2D eigenvalue weighted by Gasteiger charge is -2.10. The lowest BCUT2D eigenvalue weighted by molar-refractivity contribution is -0.174. The van der Waals surface area contributed by atoms with Gasteiger partial charge in [0.15, 0.2) is 0 Å². The molecule has 0 fully saturated rings. The van der Waals surface area contributed by atoms with Crippen LogP contribution in [0, 0.1) is 0 Å². The van der Waals surface area contributed by atoms with E-state index in [9.17, 15) is 13.2 Å². The fraction of sp³-hybridized carbons (Fsp3) is 0.455. The molecule has 2 rings (SSSR count). The molecule has 0 unspecified atom stereocenters. The zero-order valence-electron chi connectivity index (χ0n) is 9.82. The van der Waals surface area contributed by atoms with Crippen molar-refractivity contribution in [1.29, 1.82) is 0 Å². The number of aromatic nitrogens is 3. The van der Waals surface area contributed by atoms with Crippen molar-refractivity contribution in [1.82, 2.24) is 14.5 Å². The standard InChI is InChI=1S/C11H11ClF3N3O/c12-5-10-17-8-6-16-2-1-9(8)18(10)3-4-19-7-11(13,14)15/h1-2,6H,3-5,7H2. The second-order valence-electron chi connectivity index (χ2n) is 3.85. The molecular weight excluding hydrogens is 283 g/mol. The van der Waals surface area contributed by atoms with Gasteiger partial charge in [0, 0.05) is 12.7 Å². The summed E-state index contributed by atoms with van der Waals surface area (Å²) in [5.74, 6) is 0.758. The Morgan fingerprint density at radius 1 is 1.37 bits per heavy atom. The monoisotopic (exact) mass is 293 g/mol. The number of hydrogen-bond donors (Lipinski definition) is 0. The molecule has 2 aromatic heterocycles. The Balaban J connectivity index is 2.07. The minimum absolute atomic E-state index is 0.0584. The topological polar surface area (TPSA) is 39.9 Å². The van der Waals surface area contributed by atoms with Gasteiger partial charge in [0.25, 0.3) is 0 Å². The maximum absolute atomic E-state index is 11.9. The van der Waals surface area contributed by atoms with E-state index in [-0.39, 0.29) is 19.0 Å². The highest BCUT2D eigenvalue weighted by atomic mass is 35.5. The number of rotatable bonds is 5. The number of imidazole rings is 1. The molecule has 0 aliphatic rings. The molecule has 0 aliphatic carbocycles. The van der Waals surface area contributed by atoms with Crippen LogP contribution in [0.5, 0.6) is 0 Å². The van der Waals surface area contributed by atoms with E-state index in [4.69, 9.17) is 11.6 Å². The summed E-state index contributed by atoms with van der Waals surface area (Å²) < 4.78 is 42.2. The number of ether oxygens (including phenoxy) is 1. The van der Waals surface area contributed by atoms with Crippen molar-refractivity contribution in [2.75, 3.05) is 13.2 Å². The SMILES string of the molecule is FC(F)(F)COCCn1c(CCl)nc2cnccc21. The fourth-order valence-corrected chi connectivity index (χ4v) is 1.93. The predicted octanol–water partition coefficient (Wildman–Crippen LogP) is 2.75. The fourth-order valence-electron chi connectivity index (χ4n) is 1.73. The molecule has 0 saturated carbocycles. The molecular formula is C11H11ClF3N3O. The first-order chi connectivity index (χ1) is 9.01. The zero-order chi connectivity index (χ0) is 13.9. The average Bonchev–Trinajstić information content (AvgIpc) is 2.71. The molecule has 0 aliphatic heterocycles. The molecule has 2 aromatic rings. The lowest BCUT2D eigenvalue weighted by Crippen LogP contribution is -2.19. The van der Waals surface area contributed by atoms with Gasteiger partial charge >= 0.3 is 6.18 Å². The molecule has 104 valence electrons. The van der Waals surface area contributed by atoms with Gasteiger partial charge in [0.2, 0.25) is 0 Å². The van der Waals surface area contributed by atoms with Crippen LogP contribution in [0.2, 0.25) is 0 Å². The van der Waals surface area contributed by atoms with Gasteiger partial charge in [-0.05, 0) is 6.07 Å². The van der Waals surface area contributed by atoms with E-state index >= 15 is 0 Å². The van der Waals surface area contributed by atoms with Crippen LogP contribution in [0.3, 0.4) is 0 Å². The Labute approximate surface area is 112 Å². The Morgan fingerprint density at radius 2 is 2.16 bits per heavy atom. The van der Waals surface area contributed by atoms with E-state index in [2.05, 4.69) is 14.7 Å². The number of nitrogens with zero attached hydrogens (tertiary/aromatic N) is 3. The molecule has 0 amide bonds. The molecule has 0 N–H and O–H groups in total. The van der Waals surface area contributed by atoms with Crippen molar-refractivity contribution >= 4 is 22.6 Å². The molecule has 2 heterocycles. The summed E-state index contributed by atoms with van der Waals surface area (Å²) in [6.07, 6.45) is -1.14. The summed E-state index contributed by atoms with van der Waals surface area (Å²) in [5, 5.41) is 0. The summed E-state index contributed by atoms with van der Waals surface area (Å²) in [6.45, 7) is -1.05. The third-order valence-corrected chi connectivity index (χ3v) is 2.71. The minimum atomic E-state index is -4.31. The molecule has 4 nitrogen and oxygen atoms in total. The van der Waals surface area contributed by atoms with E-state index in [1.807, 2.05) is 0 Å². The van der Waals surface area contributed by atoms with Gasteiger partial charge in [-0.2, -0.15) is 13.2 Å². The minimum Gasteiger partial charge on any atom is -0.370 e. The summed E-state index contributed by atoms with van der Waals surface area (Å²) in [7, 11) is 0. The molecule has 0 aromatic carbocycles. The zero-order valence-corrected chi connectivity index (χ0v) is 10.6. The average molecular weight is 294 g/mol. The maximum atomic E-state index is 11.9. The predicted molar refractivity (Wildman–Crippen MR) is 64.0 cm³/mol. The Morgan fingerprint density at radius 3 is 2.84 bits per heavy atom. The molecule has 0 spiro atoms. The van der Waals surface area contributed by atoms with Crippen molar-refractivity contribution in [3.05, 3.63) is 24.3 Å². The lowest BCUT2D eigenvalue weighted by atomic mass is 10.4. The van der Waals surface area contributed by atoms with Gasteiger partial charge in [0.1, 0.15) is 17.9 Å². The Kier molecular flexibility index (Phi) is 4.26. The highest BCUT2D eigenvalue weighted by molar-refractivity contribution is 6.16. The molecule has 0 atom stereocenters. The Bertz CT molecular complexity index is 556. The van der Waals surface area contributed by atoms with E-state index < -0.39 is 12.8 Å². The summed E-state index contributed by atoms with van der Waals surface area (Å²) in [4.78, 5) is 8.18. The number of pyridine rings is 1. The molecule has 0 radical (unpaired) electrons. The number of halogens is 4. The number of hydrogen-bond acceptors (Lipinski definition) is 3. The summed E-state index contributed by atoms with van der Waals surface area (Å²) in [5.41, 5.74) is 1.44. The van der Waals surface area contributed by atoms with Crippen LogP contribution in [-0.4, -0.2) is 33.9 Å². The van der Waals surface area contributed by atoms with Crippen LogP contribution in [0.15, 0.2) is 18.5 Å². The van der Waals surface area contributed by atoms with Crippen LogP contribution in [0.4, 0.5) is 13.2 Å². The second kappa shape index (κ2) is 5.75. The van der Waals surface area contributed by atoms with Crippen molar-refractivity contribution in [2.24, 2.45) is 0 Å². The van der Waals surface area contributed by atoms with Gasteiger partial charge < -0.3 is 9.30 Å². The van der Waals surface area contributed by atoms with Crippen molar-refractivity contribution in [2.45, 2.75) is 18.6 Å². The molecule has 8 heteroatoms. The second-order valence-corrected chi connectivity index (χ2v) is 4.11. The quantitative estimate of drug-likeness (QED) is 0.628. The summed E-state index contributed by atoms with van der Waals surface area (Å²) >= 11 is 5.76.